The van der Waals surface area contributed by atoms with Gasteiger partial charge in [-0.1, -0.05) is 51.1 Å². The van der Waals surface area contributed by atoms with E-state index in [0.717, 1.165) is 22.3 Å². The average Bonchev–Trinajstić information content (AvgIpc) is 3.24. The number of hydrogen-bond donors (Lipinski definition) is 2. The van der Waals surface area contributed by atoms with Gasteiger partial charge in [0.2, 0.25) is 0 Å². The van der Waals surface area contributed by atoms with Crippen molar-refractivity contribution in [1.29, 1.82) is 0 Å². The largest absolute Gasteiger partial charge is 0.507 e. The quantitative estimate of drug-likeness (QED) is 0.559. The van der Waals surface area contributed by atoms with Crippen LogP contribution < -0.4 is 0 Å². The minimum atomic E-state index is -0.302. The fourth-order valence-electron chi connectivity index (χ4n) is 4.23. The van der Waals surface area contributed by atoms with Crippen LogP contribution in [0.2, 0.25) is 0 Å². The Balaban J connectivity index is 1.89. The number of nitrogens with zero attached hydrogens (tertiary/aromatic N) is 2. The molecule has 31 heavy (non-hydrogen) atoms. The van der Waals surface area contributed by atoms with Crippen LogP contribution in [0, 0.1) is 13.8 Å². The number of H-pyrrole nitrogens is 1. The number of amides is 1. The van der Waals surface area contributed by atoms with Gasteiger partial charge in [-0.3, -0.25) is 9.89 Å². The summed E-state index contributed by atoms with van der Waals surface area (Å²) in [6.45, 7) is 14.8. The van der Waals surface area contributed by atoms with Gasteiger partial charge in [0.25, 0.3) is 5.91 Å². The van der Waals surface area contributed by atoms with Crippen LogP contribution in [0.25, 0.3) is 11.3 Å². The second-order valence-electron chi connectivity index (χ2n) is 9.34. The van der Waals surface area contributed by atoms with Gasteiger partial charge < -0.3 is 10.0 Å². The number of aromatic nitrogens is 2. The van der Waals surface area contributed by atoms with E-state index in [1.807, 2.05) is 19.9 Å². The smallest absolute Gasteiger partial charge is 0.273 e. The summed E-state index contributed by atoms with van der Waals surface area (Å²) < 4.78 is 0. The molecule has 0 aliphatic carbocycles. The maximum absolute atomic E-state index is 13.2. The molecule has 5 nitrogen and oxygen atoms in total. The van der Waals surface area contributed by atoms with Crippen molar-refractivity contribution in [3.05, 3.63) is 82.6 Å². The molecule has 1 aromatic heterocycles. The van der Waals surface area contributed by atoms with Crippen molar-refractivity contribution in [3.8, 4) is 17.0 Å². The Kier molecular flexibility index (Phi) is 5.00. The zero-order chi connectivity index (χ0) is 22.5. The fraction of sp³-hybridized carbons (Fsp3) is 0.308. The van der Waals surface area contributed by atoms with Crippen LogP contribution in [0.5, 0.6) is 5.75 Å². The lowest BCUT2D eigenvalue weighted by atomic mass is 9.85. The Morgan fingerprint density at radius 1 is 1.16 bits per heavy atom. The molecule has 2 N–H and O–H groups in total. The lowest BCUT2D eigenvalue weighted by Crippen LogP contribution is -2.29. The Hall–Kier alpha value is -3.34. The van der Waals surface area contributed by atoms with E-state index >= 15 is 0 Å². The van der Waals surface area contributed by atoms with Crippen LogP contribution in [0.4, 0.5) is 0 Å². The molecule has 0 radical (unpaired) electrons. The first-order chi connectivity index (χ1) is 14.6. The molecule has 0 unspecified atom stereocenters. The van der Waals surface area contributed by atoms with Gasteiger partial charge in [0.05, 0.1) is 6.04 Å². The monoisotopic (exact) mass is 415 g/mol. The molecule has 160 valence electrons. The highest BCUT2D eigenvalue weighted by molar-refractivity contribution is 6.00. The molecule has 5 heteroatoms. The molecule has 1 amide bonds. The van der Waals surface area contributed by atoms with E-state index in [-0.39, 0.29) is 23.1 Å². The van der Waals surface area contributed by atoms with Crippen LogP contribution in [0.3, 0.4) is 0 Å². The van der Waals surface area contributed by atoms with E-state index in [1.165, 1.54) is 5.56 Å². The standard InChI is InChI=1S/C26H29N3O2/c1-7-12-29-24(17-8-10-18(11-9-17)26(4,5)6)21-22(27-28-23(21)25(29)31)19-13-15(2)16(3)14-20(19)30/h7-11,13-14,24,30H,1,12H2,2-6H3,(H,27,28)/t24-/m1/s1. The number of carbonyl (C=O) groups is 1. The maximum Gasteiger partial charge on any atom is 0.273 e. The molecular formula is C26H29N3O2. The van der Waals surface area contributed by atoms with Crippen molar-refractivity contribution >= 4 is 5.91 Å². The summed E-state index contributed by atoms with van der Waals surface area (Å²) in [6, 6.07) is 11.8. The number of benzene rings is 2. The van der Waals surface area contributed by atoms with Gasteiger partial charge in [0.15, 0.2) is 0 Å². The topological polar surface area (TPSA) is 69.2 Å². The van der Waals surface area contributed by atoms with Crippen molar-refractivity contribution in [2.45, 2.75) is 46.1 Å². The van der Waals surface area contributed by atoms with Gasteiger partial charge in [0.1, 0.15) is 17.1 Å². The zero-order valence-electron chi connectivity index (χ0n) is 18.8. The van der Waals surface area contributed by atoms with Crippen LogP contribution in [-0.4, -0.2) is 32.7 Å². The van der Waals surface area contributed by atoms with E-state index < -0.39 is 0 Å². The molecule has 0 bridgehead atoms. The van der Waals surface area contributed by atoms with E-state index in [9.17, 15) is 9.90 Å². The molecular weight excluding hydrogens is 386 g/mol. The zero-order valence-corrected chi connectivity index (χ0v) is 18.8. The molecule has 0 fully saturated rings. The molecule has 2 aromatic carbocycles. The Bertz CT molecular complexity index is 1170. The Morgan fingerprint density at radius 2 is 1.81 bits per heavy atom. The molecule has 0 spiro atoms. The number of nitrogens with one attached hydrogen (secondary N) is 1. The number of phenolic OH excluding ortho intramolecular Hbond substituents is 1. The van der Waals surface area contributed by atoms with Crippen molar-refractivity contribution in [2.75, 3.05) is 6.54 Å². The number of carbonyl (C=O) groups excluding carboxylic acids is 1. The first-order valence-electron chi connectivity index (χ1n) is 10.5. The first-order valence-corrected chi connectivity index (χ1v) is 10.5. The summed E-state index contributed by atoms with van der Waals surface area (Å²) in [5, 5.41) is 18.1. The van der Waals surface area contributed by atoms with Crippen molar-refractivity contribution in [1.82, 2.24) is 15.1 Å². The first kappa shape index (κ1) is 20.9. The predicted molar refractivity (Wildman–Crippen MR) is 123 cm³/mol. The summed E-state index contributed by atoms with van der Waals surface area (Å²) in [7, 11) is 0. The SMILES string of the molecule is C=CCN1C(=O)c2[nH]nc(-c3cc(C)c(C)cc3O)c2[C@H]1c1ccc(C(C)(C)C)cc1. The third kappa shape index (κ3) is 3.44. The van der Waals surface area contributed by atoms with Crippen molar-refractivity contribution in [3.63, 3.8) is 0 Å². The summed E-state index contributed by atoms with van der Waals surface area (Å²) >= 11 is 0. The molecule has 1 aliphatic heterocycles. The number of aromatic hydroxyl groups is 1. The third-order valence-corrected chi connectivity index (χ3v) is 6.15. The maximum atomic E-state index is 13.2. The summed E-state index contributed by atoms with van der Waals surface area (Å²) in [4.78, 5) is 15.0. The molecule has 2 heterocycles. The number of aryl methyl sites for hydroxylation is 2. The summed E-state index contributed by atoms with van der Waals surface area (Å²) in [5.41, 5.74) is 6.86. The van der Waals surface area contributed by atoms with Crippen LogP contribution >= 0.6 is 0 Å². The van der Waals surface area contributed by atoms with Crippen LogP contribution in [0.1, 0.15) is 65.1 Å². The Morgan fingerprint density at radius 3 is 2.42 bits per heavy atom. The van der Waals surface area contributed by atoms with Gasteiger partial charge >= 0.3 is 0 Å². The highest BCUT2D eigenvalue weighted by Gasteiger charge is 2.42. The number of fused-ring (bicyclic) bond motifs is 1. The number of rotatable bonds is 4. The van der Waals surface area contributed by atoms with Crippen LogP contribution in [-0.2, 0) is 5.41 Å². The Labute approximate surface area is 183 Å². The highest BCUT2D eigenvalue weighted by Crippen LogP contribution is 2.45. The summed E-state index contributed by atoms with van der Waals surface area (Å²) in [5.74, 6) is 0.0516. The second kappa shape index (κ2) is 7.41. The van der Waals surface area contributed by atoms with Crippen molar-refractivity contribution in [2.24, 2.45) is 0 Å². The van der Waals surface area contributed by atoms with Crippen LogP contribution in [0.15, 0.2) is 49.1 Å². The highest BCUT2D eigenvalue weighted by atomic mass is 16.3. The van der Waals surface area contributed by atoms with E-state index in [0.29, 0.717) is 23.5 Å². The summed E-state index contributed by atoms with van der Waals surface area (Å²) in [6.07, 6.45) is 1.74. The minimum Gasteiger partial charge on any atom is -0.507 e. The van der Waals surface area contributed by atoms with Gasteiger partial charge in [0, 0.05) is 17.7 Å². The molecule has 1 aliphatic rings. The molecule has 0 saturated heterocycles. The van der Waals surface area contributed by atoms with E-state index in [4.69, 9.17) is 0 Å². The molecule has 0 saturated carbocycles. The number of phenols is 1. The van der Waals surface area contributed by atoms with Gasteiger partial charge in [-0.2, -0.15) is 5.10 Å². The lowest BCUT2D eigenvalue weighted by Gasteiger charge is -2.26. The lowest BCUT2D eigenvalue weighted by molar-refractivity contribution is 0.0764. The molecule has 3 aromatic rings. The number of aromatic amines is 1. The fourth-order valence-corrected chi connectivity index (χ4v) is 4.23. The predicted octanol–water partition coefficient (Wildman–Crippen LogP) is 5.43. The van der Waals surface area contributed by atoms with Gasteiger partial charge in [-0.05, 0) is 53.6 Å². The van der Waals surface area contributed by atoms with Gasteiger partial charge in [-0.25, -0.2) is 0 Å². The van der Waals surface area contributed by atoms with E-state index in [2.05, 4.69) is 61.8 Å². The minimum absolute atomic E-state index is 0.0437. The second-order valence-corrected chi connectivity index (χ2v) is 9.34. The number of hydrogen-bond acceptors (Lipinski definition) is 3. The van der Waals surface area contributed by atoms with E-state index in [1.54, 1.807) is 17.0 Å². The molecule has 4 rings (SSSR count). The molecule has 1 atom stereocenters. The average molecular weight is 416 g/mol. The normalized spacial score (nSPS) is 16.0. The van der Waals surface area contributed by atoms with Crippen molar-refractivity contribution < 1.29 is 9.90 Å². The third-order valence-electron chi connectivity index (χ3n) is 6.15. The van der Waals surface area contributed by atoms with Gasteiger partial charge in [-0.15, -0.1) is 6.58 Å².